The highest BCUT2D eigenvalue weighted by Gasteiger charge is 2.68. The number of hydrogen-bond acceptors (Lipinski definition) is 4. The second-order valence-electron chi connectivity index (χ2n) is 9.48. The van der Waals surface area contributed by atoms with Crippen molar-refractivity contribution in [3.05, 3.63) is 59.7 Å². The summed E-state index contributed by atoms with van der Waals surface area (Å²) < 4.78 is 5.48. The van der Waals surface area contributed by atoms with E-state index in [2.05, 4.69) is 29.6 Å². The molecule has 7 heteroatoms. The Hall–Kier alpha value is -3.35. The van der Waals surface area contributed by atoms with E-state index in [4.69, 9.17) is 4.74 Å². The van der Waals surface area contributed by atoms with Crippen LogP contribution in [0.3, 0.4) is 0 Å². The van der Waals surface area contributed by atoms with Gasteiger partial charge in [0, 0.05) is 25.4 Å². The number of aliphatic carboxylic acids is 1. The number of fused-ring (bicyclic) bond motifs is 4. The second kappa shape index (κ2) is 7.36. The predicted molar refractivity (Wildman–Crippen MR) is 117 cm³/mol. The minimum absolute atomic E-state index is 0.0256. The number of carbonyl (C=O) groups excluding carboxylic acids is 2. The van der Waals surface area contributed by atoms with Crippen LogP contribution in [0.4, 0.5) is 4.79 Å². The number of hydrogen-bond donors (Lipinski definition) is 2. The molecular formula is C25H26N2O5. The van der Waals surface area contributed by atoms with Crippen LogP contribution in [0.25, 0.3) is 11.1 Å². The van der Waals surface area contributed by atoms with Crippen LogP contribution in [-0.2, 0) is 14.3 Å². The van der Waals surface area contributed by atoms with Crippen LogP contribution >= 0.6 is 0 Å². The number of carboxylic acid groups (broad SMARTS) is 1. The molecule has 2 bridgehead atoms. The summed E-state index contributed by atoms with van der Waals surface area (Å²) in [4.78, 5) is 38.1. The van der Waals surface area contributed by atoms with Crippen LogP contribution in [-0.4, -0.2) is 53.2 Å². The van der Waals surface area contributed by atoms with Gasteiger partial charge < -0.3 is 20.1 Å². The molecule has 0 spiro atoms. The number of amides is 2. The smallest absolute Gasteiger partial charge is 0.407 e. The number of carboxylic acids is 1. The zero-order chi connectivity index (χ0) is 22.5. The van der Waals surface area contributed by atoms with Crippen LogP contribution in [0.1, 0.15) is 43.2 Å². The fourth-order valence-corrected chi connectivity index (χ4v) is 5.85. The van der Waals surface area contributed by atoms with Gasteiger partial charge >= 0.3 is 12.1 Å². The van der Waals surface area contributed by atoms with E-state index >= 15 is 0 Å². The van der Waals surface area contributed by atoms with E-state index < -0.39 is 17.6 Å². The van der Waals surface area contributed by atoms with Crippen molar-refractivity contribution in [3.8, 4) is 11.1 Å². The monoisotopic (exact) mass is 434 g/mol. The maximum atomic E-state index is 12.6. The quantitative estimate of drug-likeness (QED) is 0.727. The van der Waals surface area contributed by atoms with E-state index in [-0.39, 0.29) is 36.8 Å². The first kappa shape index (κ1) is 20.5. The Balaban J connectivity index is 1.14. The minimum Gasteiger partial charge on any atom is -0.479 e. The SMILES string of the molecule is CC12CN(C(=O)CCNC(=O)OCC3c4ccccc4-c4ccccc43)C(C(=O)O)(C1)C2. The first-order valence-electron chi connectivity index (χ1n) is 11.0. The zero-order valence-electron chi connectivity index (χ0n) is 18.0. The number of nitrogens with one attached hydrogen (secondary N) is 1. The normalized spacial score (nSPS) is 25.0. The van der Waals surface area contributed by atoms with E-state index in [1.165, 1.54) is 4.90 Å². The number of ether oxygens (including phenoxy) is 1. The second-order valence-corrected chi connectivity index (χ2v) is 9.48. The molecule has 2 heterocycles. The van der Waals surface area contributed by atoms with Crippen LogP contribution in [0.15, 0.2) is 48.5 Å². The molecule has 3 fully saturated rings. The Kier molecular flexibility index (Phi) is 4.73. The average molecular weight is 434 g/mol. The summed E-state index contributed by atoms with van der Waals surface area (Å²) in [5, 5.41) is 12.2. The molecule has 2 saturated heterocycles. The van der Waals surface area contributed by atoms with Gasteiger partial charge in [-0.15, -0.1) is 0 Å². The zero-order valence-corrected chi connectivity index (χ0v) is 18.0. The number of rotatable bonds is 6. The van der Waals surface area contributed by atoms with Gasteiger partial charge in [-0.25, -0.2) is 9.59 Å². The van der Waals surface area contributed by atoms with E-state index in [0.29, 0.717) is 19.4 Å². The fraction of sp³-hybridized carbons (Fsp3) is 0.400. The van der Waals surface area contributed by atoms with Crippen molar-refractivity contribution >= 4 is 18.0 Å². The van der Waals surface area contributed by atoms with E-state index in [9.17, 15) is 19.5 Å². The molecule has 2 aromatic carbocycles. The topological polar surface area (TPSA) is 95.9 Å². The Morgan fingerprint density at radius 2 is 1.66 bits per heavy atom. The van der Waals surface area contributed by atoms with Crippen molar-refractivity contribution < 1.29 is 24.2 Å². The Morgan fingerprint density at radius 3 is 2.25 bits per heavy atom. The van der Waals surface area contributed by atoms with Crippen molar-refractivity contribution in [2.75, 3.05) is 19.7 Å². The molecule has 0 atom stereocenters. The van der Waals surface area contributed by atoms with Gasteiger partial charge in [-0.05, 0) is 40.5 Å². The van der Waals surface area contributed by atoms with Crippen molar-refractivity contribution in [2.24, 2.45) is 5.41 Å². The van der Waals surface area contributed by atoms with Crippen molar-refractivity contribution in [1.29, 1.82) is 0 Å². The molecule has 2 amide bonds. The van der Waals surface area contributed by atoms with Gasteiger partial charge in [0.2, 0.25) is 5.91 Å². The minimum atomic E-state index is -1.06. The molecule has 32 heavy (non-hydrogen) atoms. The predicted octanol–water partition coefficient (Wildman–Crippen LogP) is 3.38. The van der Waals surface area contributed by atoms with E-state index in [1.807, 2.05) is 31.2 Å². The molecule has 2 aliphatic heterocycles. The van der Waals surface area contributed by atoms with Gasteiger partial charge in [-0.2, -0.15) is 0 Å². The Bertz CT molecular complexity index is 1060. The van der Waals surface area contributed by atoms with Crippen LogP contribution in [0.2, 0.25) is 0 Å². The molecule has 1 saturated carbocycles. The average Bonchev–Trinajstić information content (AvgIpc) is 3.36. The van der Waals surface area contributed by atoms with Crippen LogP contribution < -0.4 is 5.32 Å². The number of carbonyl (C=O) groups is 3. The molecule has 0 unspecified atom stereocenters. The lowest BCUT2D eigenvalue weighted by molar-refractivity contribution is -0.159. The van der Waals surface area contributed by atoms with Gasteiger partial charge in [-0.1, -0.05) is 55.5 Å². The lowest BCUT2D eigenvalue weighted by atomic mass is 9.63. The summed E-state index contributed by atoms with van der Waals surface area (Å²) >= 11 is 0. The third-order valence-electron chi connectivity index (χ3n) is 7.15. The van der Waals surface area contributed by atoms with Crippen molar-refractivity contribution in [2.45, 2.75) is 37.6 Å². The van der Waals surface area contributed by atoms with Crippen molar-refractivity contribution in [3.63, 3.8) is 0 Å². The van der Waals surface area contributed by atoms with Crippen molar-refractivity contribution in [1.82, 2.24) is 10.2 Å². The van der Waals surface area contributed by atoms with Crippen LogP contribution in [0, 0.1) is 5.41 Å². The number of alkyl carbamates (subject to hydrolysis) is 1. The molecule has 2 aromatic rings. The van der Waals surface area contributed by atoms with Gasteiger partial charge in [0.25, 0.3) is 0 Å². The molecule has 166 valence electrons. The summed E-state index contributed by atoms with van der Waals surface area (Å²) in [5.41, 5.74) is 3.43. The number of benzene rings is 2. The summed E-state index contributed by atoms with van der Waals surface area (Å²) in [6.07, 6.45) is 0.474. The van der Waals surface area contributed by atoms with E-state index in [0.717, 1.165) is 22.3 Å². The van der Waals surface area contributed by atoms with Gasteiger partial charge in [0.15, 0.2) is 0 Å². The summed E-state index contributed by atoms with van der Waals surface area (Å²) in [5.74, 6) is -1.21. The lowest BCUT2D eigenvalue weighted by Gasteiger charge is -2.42. The number of nitrogens with zero attached hydrogens (tertiary/aromatic N) is 1. The van der Waals surface area contributed by atoms with Gasteiger partial charge in [-0.3, -0.25) is 4.79 Å². The summed E-state index contributed by atoms with van der Waals surface area (Å²) in [6.45, 7) is 2.79. The van der Waals surface area contributed by atoms with Gasteiger partial charge in [0.1, 0.15) is 12.1 Å². The molecule has 0 aromatic heterocycles. The maximum absolute atomic E-state index is 12.6. The third-order valence-corrected chi connectivity index (χ3v) is 7.15. The van der Waals surface area contributed by atoms with Gasteiger partial charge in [0.05, 0.1) is 0 Å². The lowest BCUT2D eigenvalue weighted by Crippen LogP contribution is -2.56. The summed E-state index contributed by atoms with van der Waals surface area (Å²) in [7, 11) is 0. The molecular weight excluding hydrogens is 408 g/mol. The van der Waals surface area contributed by atoms with E-state index in [1.54, 1.807) is 0 Å². The first-order valence-corrected chi connectivity index (χ1v) is 11.0. The molecule has 7 nitrogen and oxygen atoms in total. The molecule has 2 aliphatic carbocycles. The molecule has 2 N–H and O–H groups in total. The molecule has 6 rings (SSSR count). The first-order chi connectivity index (χ1) is 15.3. The third kappa shape index (κ3) is 3.15. The molecule has 4 aliphatic rings. The molecule has 0 radical (unpaired) electrons. The Labute approximate surface area is 186 Å². The highest BCUT2D eigenvalue weighted by Crippen LogP contribution is 2.59. The standard InChI is InChI=1S/C25H26N2O5/c1-24-13-25(14-24,22(29)30)27(15-24)21(28)10-11-26-23(31)32-12-20-18-8-4-2-6-16(18)17-7-3-5-9-19(17)20/h2-9,20H,10-15H2,1H3,(H,26,31)(H,29,30). The Morgan fingerprint density at radius 1 is 1.06 bits per heavy atom. The summed E-state index contributed by atoms with van der Waals surface area (Å²) in [6, 6.07) is 16.2. The maximum Gasteiger partial charge on any atom is 0.407 e. The fourth-order valence-electron chi connectivity index (χ4n) is 5.85. The highest BCUT2D eigenvalue weighted by atomic mass is 16.5. The van der Waals surface area contributed by atoms with Crippen LogP contribution in [0.5, 0.6) is 0 Å². The largest absolute Gasteiger partial charge is 0.479 e. The highest BCUT2D eigenvalue weighted by molar-refractivity contribution is 5.90.